The maximum atomic E-state index is 12.5. The van der Waals surface area contributed by atoms with E-state index in [2.05, 4.69) is 18.8 Å². The van der Waals surface area contributed by atoms with E-state index in [-0.39, 0.29) is 12.0 Å². The number of piperidine rings is 1. The molecule has 144 valence electrons. The molecular weight excluding hydrogens is 350 g/mol. The Hall–Kier alpha value is -1.63. The Morgan fingerprint density at radius 1 is 1.35 bits per heavy atom. The average molecular weight is 380 g/mol. The van der Waals surface area contributed by atoms with Crippen LogP contribution in [0, 0.1) is 12.8 Å². The number of hydrogen-bond donors (Lipinski definition) is 0. The van der Waals surface area contributed by atoms with Gasteiger partial charge in [-0.2, -0.15) is 0 Å². The molecule has 2 saturated heterocycles. The summed E-state index contributed by atoms with van der Waals surface area (Å²) in [5.74, 6) is 0.643. The maximum absolute atomic E-state index is 12.5. The van der Waals surface area contributed by atoms with Gasteiger partial charge in [-0.3, -0.25) is 4.79 Å². The zero-order valence-corrected chi connectivity index (χ0v) is 16.8. The van der Waals surface area contributed by atoms with Gasteiger partial charge in [-0.25, -0.2) is 9.78 Å². The number of aromatic nitrogens is 1. The van der Waals surface area contributed by atoms with E-state index in [4.69, 9.17) is 4.74 Å². The van der Waals surface area contributed by atoms with Gasteiger partial charge in [0.25, 0.3) is 0 Å². The Morgan fingerprint density at radius 3 is 2.62 bits per heavy atom. The van der Waals surface area contributed by atoms with Crippen LogP contribution < -0.4 is 0 Å². The van der Waals surface area contributed by atoms with Crippen molar-refractivity contribution >= 4 is 23.3 Å². The van der Waals surface area contributed by atoms with Crippen molar-refractivity contribution in [2.75, 3.05) is 26.2 Å². The van der Waals surface area contributed by atoms with E-state index < -0.39 is 5.60 Å². The lowest BCUT2D eigenvalue weighted by molar-refractivity contribution is -0.133. The van der Waals surface area contributed by atoms with Gasteiger partial charge in [0.2, 0.25) is 5.91 Å². The molecule has 0 saturated carbocycles. The molecule has 3 rings (SSSR count). The van der Waals surface area contributed by atoms with E-state index in [1.165, 1.54) is 0 Å². The number of rotatable bonds is 6. The summed E-state index contributed by atoms with van der Waals surface area (Å²) in [6, 6.07) is 0. The first kappa shape index (κ1) is 19.1. The fraction of sp³-hybridized carbons (Fsp3) is 0.737. The summed E-state index contributed by atoms with van der Waals surface area (Å²) in [4.78, 5) is 32.9. The second kappa shape index (κ2) is 7.94. The van der Waals surface area contributed by atoms with Gasteiger partial charge in [0.1, 0.15) is 5.60 Å². The summed E-state index contributed by atoms with van der Waals surface area (Å²) in [6.07, 6.45) is 3.77. The molecule has 1 aromatic heterocycles. The third-order valence-electron chi connectivity index (χ3n) is 5.70. The Labute approximate surface area is 159 Å². The van der Waals surface area contributed by atoms with Crippen LogP contribution >= 0.6 is 11.3 Å². The highest BCUT2D eigenvalue weighted by Gasteiger charge is 2.47. The standard InChI is InChI=1S/C19H29N3O3S/c1-4-15(5-2)11-22-13-19(25-18(22)24)6-8-21(9-7-19)17(23)10-16-12-26-14(3)20-16/h12,15H,4-11,13H2,1-3H3. The molecule has 6 nitrogen and oxygen atoms in total. The van der Waals surface area contributed by atoms with Crippen molar-refractivity contribution in [3.05, 3.63) is 16.1 Å². The zero-order valence-electron chi connectivity index (χ0n) is 16.0. The third kappa shape index (κ3) is 4.19. The highest BCUT2D eigenvalue weighted by Crippen LogP contribution is 2.34. The normalized spacial score (nSPS) is 19.5. The Bertz CT molecular complexity index is 648. The van der Waals surface area contributed by atoms with Crippen LogP contribution in [0.5, 0.6) is 0 Å². The lowest BCUT2D eigenvalue weighted by atomic mass is 9.90. The van der Waals surface area contributed by atoms with Crippen LogP contribution in [0.25, 0.3) is 0 Å². The molecule has 2 aliphatic rings. The van der Waals surface area contributed by atoms with Gasteiger partial charge in [0.15, 0.2) is 0 Å². The quantitative estimate of drug-likeness (QED) is 0.761. The van der Waals surface area contributed by atoms with E-state index in [1.807, 2.05) is 22.1 Å². The molecule has 0 aromatic carbocycles. The number of aryl methyl sites for hydroxylation is 1. The molecule has 0 atom stereocenters. The summed E-state index contributed by atoms with van der Waals surface area (Å²) in [6.45, 7) is 9.01. The number of amides is 2. The number of ether oxygens (including phenoxy) is 1. The molecule has 3 heterocycles. The summed E-state index contributed by atoms with van der Waals surface area (Å²) in [7, 11) is 0. The third-order valence-corrected chi connectivity index (χ3v) is 6.52. The average Bonchev–Trinajstić information content (AvgIpc) is 3.16. The molecule has 26 heavy (non-hydrogen) atoms. The number of likely N-dealkylation sites (tertiary alicyclic amines) is 1. The minimum Gasteiger partial charge on any atom is -0.441 e. The van der Waals surface area contributed by atoms with Gasteiger partial charge >= 0.3 is 6.09 Å². The monoisotopic (exact) mass is 379 g/mol. The molecule has 0 unspecified atom stereocenters. The fourth-order valence-corrected chi connectivity index (χ4v) is 4.48. The molecule has 1 aromatic rings. The molecule has 0 radical (unpaired) electrons. The minimum absolute atomic E-state index is 0.114. The maximum Gasteiger partial charge on any atom is 0.410 e. The van der Waals surface area contributed by atoms with Crippen molar-refractivity contribution in [3.63, 3.8) is 0 Å². The van der Waals surface area contributed by atoms with Crippen LogP contribution in [0.3, 0.4) is 0 Å². The Morgan fingerprint density at radius 2 is 2.04 bits per heavy atom. The predicted octanol–water partition coefficient (Wildman–Crippen LogP) is 3.24. The van der Waals surface area contributed by atoms with Crippen molar-refractivity contribution in [1.29, 1.82) is 0 Å². The van der Waals surface area contributed by atoms with Gasteiger partial charge in [-0.1, -0.05) is 26.7 Å². The van der Waals surface area contributed by atoms with Gasteiger partial charge in [-0.15, -0.1) is 11.3 Å². The van der Waals surface area contributed by atoms with E-state index in [1.54, 1.807) is 11.3 Å². The first-order chi connectivity index (χ1) is 12.4. The molecule has 0 bridgehead atoms. The largest absolute Gasteiger partial charge is 0.441 e. The molecule has 2 amide bonds. The molecule has 0 N–H and O–H groups in total. The number of hydrogen-bond acceptors (Lipinski definition) is 5. The molecular formula is C19H29N3O3S. The van der Waals surface area contributed by atoms with Crippen molar-refractivity contribution < 1.29 is 14.3 Å². The van der Waals surface area contributed by atoms with Crippen molar-refractivity contribution in [3.8, 4) is 0 Å². The van der Waals surface area contributed by atoms with E-state index in [0.717, 1.165) is 42.9 Å². The van der Waals surface area contributed by atoms with Crippen LogP contribution in [0.15, 0.2) is 5.38 Å². The van der Waals surface area contributed by atoms with Crippen LogP contribution in [0.1, 0.15) is 50.2 Å². The van der Waals surface area contributed by atoms with Gasteiger partial charge in [0, 0.05) is 37.9 Å². The van der Waals surface area contributed by atoms with Crippen LogP contribution in [0.2, 0.25) is 0 Å². The molecule has 2 aliphatic heterocycles. The summed E-state index contributed by atoms with van der Waals surface area (Å²) < 4.78 is 5.78. The molecule has 1 spiro atoms. The van der Waals surface area contributed by atoms with Gasteiger partial charge in [-0.05, 0) is 12.8 Å². The summed E-state index contributed by atoms with van der Waals surface area (Å²) in [5.41, 5.74) is 0.443. The zero-order chi connectivity index (χ0) is 18.7. The first-order valence-electron chi connectivity index (χ1n) is 9.61. The minimum atomic E-state index is -0.406. The first-order valence-corrected chi connectivity index (χ1v) is 10.5. The van der Waals surface area contributed by atoms with Crippen molar-refractivity contribution in [2.45, 2.75) is 58.5 Å². The van der Waals surface area contributed by atoms with Crippen LogP contribution in [0.4, 0.5) is 4.79 Å². The SMILES string of the molecule is CCC(CC)CN1CC2(CCN(C(=O)Cc3csc(C)n3)CC2)OC1=O. The van der Waals surface area contributed by atoms with Crippen LogP contribution in [-0.2, 0) is 16.0 Å². The summed E-state index contributed by atoms with van der Waals surface area (Å²) in [5, 5.41) is 2.94. The molecule has 7 heteroatoms. The van der Waals surface area contributed by atoms with Crippen LogP contribution in [-0.4, -0.2) is 58.6 Å². The predicted molar refractivity (Wildman–Crippen MR) is 101 cm³/mol. The topological polar surface area (TPSA) is 62.7 Å². The fourth-order valence-electron chi connectivity index (χ4n) is 3.87. The highest BCUT2D eigenvalue weighted by atomic mass is 32.1. The molecule has 0 aliphatic carbocycles. The number of nitrogens with zero attached hydrogens (tertiary/aromatic N) is 3. The smallest absolute Gasteiger partial charge is 0.410 e. The number of thiazole rings is 1. The second-order valence-electron chi connectivity index (χ2n) is 7.53. The van der Waals surface area contributed by atoms with E-state index >= 15 is 0 Å². The summed E-state index contributed by atoms with van der Waals surface area (Å²) >= 11 is 1.57. The lowest BCUT2D eigenvalue weighted by Crippen LogP contribution is -2.49. The highest BCUT2D eigenvalue weighted by molar-refractivity contribution is 7.09. The second-order valence-corrected chi connectivity index (χ2v) is 8.59. The van der Waals surface area contributed by atoms with E-state index in [0.29, 0.717) is 32.0 Å². The van der Waals surface area contributed by atoms with Crippen molar-refractivity contribution in [2.24, 2.45) is 5.92 Å². The number of carbonyl (C=O) groups excluding carboxylic acids is 2. The Kier molecular flexibility index (Phi) is 5.85. The number of carbonyl (C=O) groups is 2. The van der Waals surface area contributed by atoms with E-state index in [9.17, 15) is 9.59 Å². The molecule has 2 fully saturated rings. The van der Waals surface area contributed by atoms with Gasteiger partial charge in [0.05, 0.1) is 23.7 Å². The lowest BCUT2D eigenvalue weighted by Gasteiger charge is -2.37. The van der Waals surface area contributed by atoms with Crippen molar-refractivity contribution in [1.82, 2.24) is 14.8 Å². The Balaban J connectivity index is 1.53. The van der Waals surface area contributed by atoms with Gasteiger partial charge < -0.3 is 14.5 Å².